The molecular weight excluding hydrogens is 402 g/mol. The fraction of sp³-hybridized carbons (Fsp3) is 0.200. The van der Waals surface area contributed by atoms with Gasteiger partial charge in [-0.3, -0.25) is 14.5 Å². The number of likely N-dealkylation sites (N-methyl/N-ethyl adjacent to an activating group) is 1. The van der Waals surface area contributed by atoms with Gasteiger partial charge in [0.25, 0.3) is 5.91 Å². The molecule has 2 amide bonds. The molecule has 0 saturated heterocycles. The zero-order valence-corrected chi connectivity index (χ0v) is 14.3. The van der Waals surface area contributed by atoms with E-state index in [1.54, 1.807) is 6.26 Å². The highest BCUT2D eigenvalue weighted by Crippen LogP contribution is 2.37. The van der Waals surface area contributed by atoms with E-state index in [2.05, 4.69) is 31.9 Å². The third kappa shape index (κ3) is 2.46. The number of hydrogen-bond donors (Lipinski definition) is 0. The van der Waals surface area contributed by atoms with Gasteiger partial charge in [0.1, 0.15) is 0 Å². The number of halogens is 2. The van der Waals surface area contributed by atoms with E-state index in [9.17, 15) is 9.59 Å². The number of nitrogens with zero attached hydrogens (tertiary/aromatic N) is 1. The molecule has 4 nitrogen and oxygen atoms in total. The summed E-state index contributed by atoms with van der Waals surface area (Å²) in [5, 5.41) is 0. The van der Waals surface area contributed by atoms with Gasteiger partial charge in [0, 0.05) is 18.2 Å². The van der Waals surface area contributed by atoms with Crippen molar-refractivity contribution in [3.8, 4) is 0 Å². The van der Waals surface area contributed by atoms with Crippen molar-refractivity contribution in [1.82, 2.24) is 4.90 Å². The molecule has 3 rings (SSSR count). The van der Waals surface area contributed by atoms with Crippen molar-refractivity contribution in [3.63, 3.8) is 0 Å². The molecule has 1 aromatic heterocycles. The molecule has 2 heterocycles. The lowest BCUT2D eigenvalue weighted by atomic mass is 9.94. The number of amides is 2. The van der Waals surface area contributed by atoms with Gasteiger partial charge in [0.2, 0.25) is 5.91 Å². The van der Waals surface area contributed by atoms with Crippen LogP contribution in [-0.2, 0) is 11.2 Å². The first-order valence-corrected chi connectivity index (χ1v) is 8.00. The van der Waals surface area contributed by atoms with E-state index >= 15 is 0 Å². The smallest absolute Gasteiger partial charge is 0.260 e. The number of benzene rings is 1. The fourth-order valence-electron chi connectivity index (χ4n) is 2.34. The van der Waals surface area contributed by atoms with E-state index < -0.39 is 0 Å². The van der Waals surface area contributed by atoms with Gasteiger partial charge in [-0.25, -0.2) is 0 Å². The van der Waals surface area contributed by atoms with E-state index in [1.807, 2.05) is 24.3 Å². The standard InChI is InChI=1S/C15H11Br2NO3/c1-18-12(19)7-8-2-3-9(6-11(8)15(18)20)13(16)10-4-5-21-14(10)17/h2-6,13H,7H2,1H3. The number of imide groups is 1. The first kappa shape index (κ1) is 14.5. The first-order valence-electron chi connectivity index (χ1n) is 6.29. The van der Waals surface area contributed by atoms with Crippen LogP contribution in [0.25, 0.3) is 0 Å². The number of rotatable bonds is 2. The molecule has 21 heavy (non-hydrogen) atoms. The average Bonchev–Trinajstić information content (AvgIpc) is 2.90. The van der Waals surface area contributed by atoms with E-state index in [0.717, 1.165) is 16.7 Å². The SMILES string of the molecule is CN1C(=O)Cc2ccc(C(Br)c3ccoc3Br)cc2C1=O. The predicted molar refractivity (Wildman–Crippen MR) is 84.4 cm³/mol. The molecular formula is C15H11Br2NO3. The maximum Gasteiger partial charge on any atom is 0.260 e. The maximum atomic E-state index is 12.2. The summed E-state index contributed by atoms with van der Waals surface area (Å²) in [4.78, 5) is 25.0. The number of alkyl halides is 1. The quantitative estimate of drug-likeness (QED) is 0.558. The van der Waals surface area contributed by atoms with Crippen LogP contribution in [0.3, 0.4) is 0 Å². The number of hydrogen-bond acceptors (Lipinski definition) is 3. The Morgan fingerprint density at radius 3 is 2.71 bits per heavy atom. The van der Waals surface area contributed by atoms with Crippen LogP contribution in [-0.4, -0.2) is 23.8 Å². The monoisotopic (exact) mass is 411 g/mol. The molecule has 1 aliphatic heterocycles. The Morgan fingerprint density at radius 1 is 1.29 bits per heavy atom. The van der Waals surface area contributed by atoms with Crippen LogP contribution in [0.2, 0.25) is 0 Å². The minimum atomic E-state index is -0.256. The normalized spacial score (nSPS) is 16.0. The summed E-state index contributed by atoms with van der Waals surface area (Å²) in [6, 6.07) is 7.46. The van der Waals surface area contributed by atoms with E-state index in [0.29, 0.717) is 10.2 Å². The maximum absolute atomic E-state index is 12.2. The molecule has 1 atom stereocenters. The molecule has 0 bridgehead atoms. The Balaban J connectivity index is 2.02. The second-order valence-electron chi connectivity index (χ2n) is 4.86. The van der Waals surface area contributed by atoms with Crippen LogP contribution in [0, 0.1) is 0 Å². The van der Waals surface area contributed by atoms with Crippen LogP contribution in [0.15, 0.2) is 39.6 Å². The zero-order chi connectivity index (χ0) is 15.1. The second-order valence-corrected chi connectivity index (χ2v) is 6.50. The molecule has 108 valence electrons. The number of furan rings is 1. The average molecular weight is 413 g/mol. The lowest BCUT2D eigenvalue weighted by molar-refractivity contribution is -0.127. The molecule has 0 spiro atoms. The molecule has 1 unspecified atom stereocenters. The summed E-state index contributed by atoms with van der Waals surface area (Å²) in [6.07, 6.45) is 1.86. The predicted octanol–water partition coefficient (Wildman–Crippen LogP) is 3.68. The number of carbonyl (C=O) groups is 2. The molecule has 0 saturated carbocycles. The van der Waals surface area contributed by atoms with Crippen LogP contribution >= 0.6 is 31.9 Å². The van der Waals surface area contributed by atoms with Crippen molar-refractivity contribution in [3.05, 3.63) is 57.5 Å². The van der Waals surface area contributed by atoms with Gasteiger partial charge in [-0.1, -0.05) is 28.1 Å². The summed E-state index contributed by atoms with van der Waals surface area (Å²) in [5.41, 5.74) is 3.24. The third-order valence-electron chi connectivity index (χ3n) is 3.60. The van der Waals surface area contributed by atoms with Crippen LogP contribution < -0.4 is 0 Å². The molecule has 2 aromatic rings. The summed E-state index contributed by atoms with van der Waals surface area (Å²) >= 11 is 6.97. The van der Waals surface area contributed by atoms with Gasteiger partial charge in [-0.2, -0.15) is 0 Å². The van der Waals surface area contributed by atoms with Crippen LogP contribution in [0.4, 0.5) is 0 Å². The van der Waals surface area contributed by atoms with E-state index in [4.69, 9.17) is 4.42 Å². The number of fused-ring (bicyclic) bond motifs is 1. The molecule has 6 heteroatoms. The summed E-state index contributed by atoms with van der Waals surface area (Å²) in [7, 11) is 1.51. The molecule has 1 aromatic carbocycles. The molecule has 1 aliphatic rings. The number of carbonyl (C=O) groups excluding carboxylic acids is 2. The second kappa shape index (κ2) is 5.42. The van der Waals surface area contributed by atoms with Gasteiger partial charge >= 0.3 is 0 Å². The van der Waals surface area contributed by atoms with Gasteiger partial charge in [-0.15, -0.1) is 0 Å². The zero-order valence-electron chi connectivity index (χ0n) is 11.1. The molecule has 0 N–H and O–H groups in total. The van der Waals surface area contributed by atoms with Gasteiger partial charge < -0.3 is 4.42 Å². The summed E-state index contributed by atoms with van der Waals surface area (Å²) in [5.74, 6) is -0.428. The Kier molecular flexibility index (Phi) is 3.75. The highest BCUT2D eigenvalue weighted by molar-refractivity contribution is 9.10. The molecule has 0 fully saturated rings. The van der Waals surface area contributed by atoms with Crippen molar-refractivity contribution in [2.24, 2.45) is 0 Å². The Morgan fingerprint density at radius 2 is 2.05 bits per heavy atom. The molecule has 0 aliphatic carbocycles. The van der Waals surface area contributed by atoms with Gasteiger partial charge in [0.15, 0.2) is 4.67 Å². The summed E-state index contributed by atoms with van der Waals surface area (Å²) in [6.45, 7) is 0. The van der Waals surface area contributed by atoms with Gasteiger partial charge in [-0.05, 0) is 39.2 Å². The first-order chi connectivity index (χ1) is 9.99. The van der Waals surface area contributed by atoms with Crippen molar-refractivity contribution in [1.29, 1.82) is 0 Å². The Labute approximate surface area is 138 Å². The Hall–Kier alpha value is -1.40. The van der Waals surface area contributed by atoms with E-state index in [-0.39, 0.29) is 23.1 Å². The van der Waals surface area contributed by atoms with E-state index in [1.165, 1.54) is 11.9 Å². The van der Waals surface area contributed by atoms with Crippen molar-refractivity contribution < 1.29 is 14.0 Å². The van der Waals surface area contributed by atoms with Crippen molar-refractivity contribution in [2.75, 3.05) is 7.05 Å². The third-order valence-corrected chi connectivity index (χ3v) is 5.26. The topological polar surface area (TPSA) is 50.5 Å². The van der Waals surface area contributed by atoms with Crippen molar-refractivity contribution >= 4 is 43.7 Å². The van der Waals surface area contributed by atoms with Gasteiger partial charge in [0.05, 0.1) is 17.5 Å². The largest absolute Gasteiger partial charge is 0.457 e. The molecule has 0 radical (unpaired) electrons. The van der Waals surface area contributed by atoms with Crippen LogP contribution in [0.5, 0.6) is 0 Å². The lowest BCUT2D eigenvalue weighted by Crippen LogP contribution is -2.39. The fourth-order valence-corrected chi connectivity index (χ4v) is 3.77. The highest BCUT2D eigenvalue weighted by atomic mass is 79.9. The minimum absolute atomic E-state index is 0.0911. The summed E-state index contributed by atoms with van der Waals surface area (Å²) < 4.78 is 5.89. The van der Waals surface area contributed by atoms with Crippen LogP contribution in [0.1, 0.15) is 31.9 Å². The Bertz CT molecular complexity index is 738. The minimum Gasteiger partial charge on any atom is -0.457 e. The van der Waals surface area contributed by atoms with Crippen molar-refractivity contribution in [2.45, 2.75) is 11.2 Å². The highest BCUT2D eigenvalue weighted by Gasteiger charge is 2.29. The lowest BCUT2D eigenvalue weighted by Gasteiger charge is -2.24.